The fraction of sp³-hybridized carbons (Fsp3) is 0.417. The van der Waals surface area contributed by atoms with E-state index in [1.165, 1.54) is 17.4 Å². The highest BCUT2D eigenvalue weighted by Gasteiger charge is 2.34. The number of sulfone groups is 1. The molecule has 1 aromatic carbocycles. The van der Waals surface area contributed by atoms with E-state index < -0.39 is 9.84 Å². The van der Waals surface area contributed by atoms with Crippen LogP contribution in [-0.2, 0) is 27.5 Å². The van der Waals surface area contributed by atoms with E-state index in [1.807, 2.05) is 6.92 Å². The van der Waals surface area contributed by atoms with Crippen molar-refractivity contribution in [3.8, 4) is 5.75 Å². The van der Waals surface area contributed by atoms with Crippen LogP contribution in [0.1, 0.15) is 35.8 Å². The second-order valence-corrected chi connectivity index (χ2v) is 12.3. The number of carbonyl (C=O) groups is 1. The van der Waals surface area contributed by atoms with Gasteiger partial charge in [0.2, 0.25) is 5.91 Å². The first-order valence-electron chi connectivity index (χ1n) is 11.9. The largest absolute Gasteiger partial charge is 0.492 e. The number of nitrogen functional groups attached to an aromatic ring is 1. The van der Waals surface area contributed by atoms with E-state index in [1.54, 1.807) is 23.5 Å². The summed E-state index contributed by atoms with van der Waals surface area (Å²) in [5.41, 5.74) is 8.85. The van der Waals surface area contributed by atoms with Gasteiger partial charge < -0.3 is 26.1 Å². The number of carbonyl (C=O) groups excluding carboxylic acids is 1. The number of hydrogen-bond acceptors (Lipinski definition) is 10. The van der Waals surface area contributed by atoms with Crippen LogP contribution in [-0.4, -0.2) is 60.2 Å². The monoisotopic (exact) mass is 528 g/mol. The van der Waals surface area contributed by atoms with Crippen LogP contribution in [0.25, 0.3) is 10.2 Å². The topological polar surface area (TPSA) is 151 Å². The second-order valence-electron chi connectivity index (χ2n) is 9.06. The summed E-state index contributed by atoms with van der Waals surface area (Å²) >= 11 is 1.55. The zero-order chi connectivity index (χ0) is 25.4. The highest BCUT2D eigenvalue weighted by atomic mass is 32.2. The van der Waals surface area contributed by atoms with Gasteiger partial charge in [0.25, 0.3) is 0 Å². The van der Waals surface area contributed by atoms with Crippen LogP contribution in [0.15, 0.2) is 18.5 Å². The minimum absolute atomic E-state index is 0.0757. The molecule has 1 amide bonds. The second kappa shape index (κ2) is 9.66. The number of aryl methyl sites for hydroxylation is 1. The molecule has 1 fully saturated rings. The van der Waals surface area contributed by atoms with Crippen LogP contribution in [0.3, 0.4) is 0 Å². The Bertz CT molecular complexity index is 1450. The number of nitrogens with one attached hydrogen (secondary N) is 2. The molecule has 0 bridgehead atoms. The number of ether oxygens (including phenoxy) is 1. The van der Waals surface area contributed by atoms with Gasteiger partial charge in [0.05, 0.1) is 23.4 Å². The molecule has 36 heavy (non-hydrogen) atoms. The number of anilines is 3. The van der Waals surface area contributed by atoms with Gasteiger partial charge in [-0.25, -0.2) is 18.4 Å². The van der Waals surface area contributed by atoms with E-state index in [0.29, 0.717) is 67.3 Å². The summed E-state index contributed by atoms with van der Waals surface area (Å²) in [4.78, 5) is 25.5. The molecule has 190 valence electrons. The van der Waals surface area contributed by atoms with E-state index in [-0.39, 0.29) is 23.5 Å². The average molecular weight is 529 g/mol. The van der Waals surface area contributed by atoms with Crippen LogP contribution in [0.2, 0.25) is 0 Å². The van der Waals surface area contributed by atoms with Crippen molar-refractivity contribution in [2.45, 2.75) is 32.6 Å². The third kappa shape index (κ3) is 4.62. The summed E-state index contributed by atoms with van der Waals surface area (Å²) in [6, 6.07) is 3.46. The van der Waals surface area contributed by atoms with Gasteiger partial charge in [-0.3, -0.25) is 4.79 Å². The van der Waals surface area contributed by atoms with Crippen molar-refractivity contribution in [3.05, 3.63) is 34.5 Å². The van der Waals surface area contributed by atoms with Crippen molar-refractivity contribution in [2.75, 3.05) is 35.8 Å². The summed E-state index contributed by atoms with van der Waals surface area (Å²) in [6.07, 6.45) is 5.09. The molecule has 3 heterocycles. The van der Waals surface area contributed by atoms with Gasteiger partial charge in [-0.05, 0) is 44.2 Å². The molecule has 10 nitrogen and oxygen atoms in total. The van der Waals surface area contributed by atoms with Crippen molar-refractivity contribution in [1.82, 2.24) is 14.9 Å². The Morgan fingerprint density at radius 3 is 2.97 bits per heavy atom. The van der Waals surface area contributed by atoms with Crippen LogP contribution in [0.5, 0.6) is 5.75 Å². The van der Waals surface area contributed by atoms with Gasteiger partial charge in [-0.2, -0.15) is 0 Å². The number of hydrogen-bond donors (Lipinski definition) is 3. The number of nitrogens with zero attached hydrogens (tertiary/aromatic N) is 3. The fourth-order valence-corrected chi connectivity index (χ4v) is 7.62. The molecule has 1 aliphatic heterocycles. The van der Waals surface area contributed by atoms with Crippen molar-refractivity contribution in [2.24, 2.45) is 5.92 Å². The Labute approximate surface area is 213 Å². The molecule has 0 spiro atoms. The lowest BCUT2D eigenvalue weighted by Crippen LogP contribution is -2.45. The van der Waals surface area contributed by atoms with Gasteiger partial charge in [0.1, 0.15) is 28.6 Å². The predicted molar refractivity (Wildman–Crippen MR) is 141 cm³/mol. The van der Waals surface area contributed by atoms with Crippen LogP contribution in [0.4, 0.5) is 17.2 Å². The van der Waals surface area contributed by atoms with E-state index in [9.17, 15) is 13.2 Å². The molecule has 2 aromatic heterocycles. The average Bonchev–Trinajstić information content (AvgIpc) is 3.23. The molecule has 3 aromatic rings. The van der Waals surface area contributed by atoms with E-state index in [2.05, 4.69) is 15.3 Å². The van der Waals surface area contributed by atoms with Crippen LogP contribution < -0.4 is 15.8 Å². The van der Waals surface area contributed by atoms with Gasteiger partial charge >= 0.3 is 0 Å². The predicted octanol–water partition coefficient (Wildman–Crippen LogP) is 3.12. The first kappa shape index (κ1) is 24.4. The summed E-state index contributed by atoms with van der Waals surface area (Å²) in [5, 5.41) is 11.9. The molecule has 4 N–H and O–H groups in total. The molecule has 1 saturated heterocycles. The van der Waals surface area contributed by atoms with Crippen molar-refractivity contribution >= 4 is 60.7 Å². The third-order valence-electron chi connectivity index (χ3n) is 6.64. The molecule has 1 aliphatic carbocycles. The number of amides is 1. The van der Waals surface area contributed by atoms with Crippen molar-refractivity contribution in [1.29, 1.82) is 5.41 Å². The maximum atomic E-state index is 13.1. The number of fused-ring (bicyclic) bond motifs is 3. The Morgan fingerprint density at radius 1 is 1.39 bits per heavy atom. The Balaban J connectivity index is 1.45. The van der Waals surface area contributed by atoms with Crippen molar-refractivity contribution < 1.29 is 17.9 Å². The first-order valence-corrected chi connectivity index (χ1v) is 14.5. The summed E-state index contributed by atoms with van der Waals surface area (Å²) in [7, 11) is -3.20. The Kier molecular flexibility index (Phi) is 6.56. The Hall–Kier alpha value is -3.25. The highest BCUT2D eigenvalue weighted by molar-refractivity contribution is 7.91. The van der Waals surface area contributed by atoms with E-state index in [0.717, 1.165) is 20.7 Å². The third-order valence-corrected chi connectivity index (χ3v) is 9.41. The number of nitrogens with two attached hydrogens (primary N) is 1. The van der Waals surface area contributed by atoms with E-state index in [4.69, 9.17) is 15.9 Å². The van der Waals surface area contributed by atoms with Crippen molar-refractivity contribution in [3.63, 3.8) is 0 Å². The quantitative estimate of drug-likeness (QED) is 0.326. The smallest absolute Gasteiger partial charge is 0.226 e. The Morgan fingerprint density at radius 2 is 2.22 bits per heavy atom. The maximum Gasteiger partial charge on any atom is 0.226 e. The number of thiophene rings is 1. The standard InChI is InChI=1S/C24H28N6O4S2/c1-2-34-19-10-17(26)15(11-25)8-18(19)29-22-21-16-5-4-14(9-20(16)35-23(21)28-12-27-22)24(31)30-6-3-7-36(32,33)13-30/h8,10-12,14,25H,2-7,9,13,26H2,1H3,(H,27,28,29). The lowest BCUT2D eigenvalue weighted by Gasteiger charge is -2.31. The fourth-order valence-electron chi connectivity index (χ4n) is 4.93. The molecular weight excluding hydrogens is 500 g/mol. The van der Waals surface area contributed by atoms with Gasteiger partial charge in [-0.15, -0.1) is 11.3 Å². The van der Waals surface area contributed by atoms with Crippen LogP contribution >= 0.6 is 11.3 Å². The zero-order valence-electron chi connectivity index (χ0n) is 19.9. The molecule has 1 atom stereocenters. The first-order chi connectivity index (χ1) is 17.3. The molecular formula is C24H28N6O4S2. The zero-order valence-corrected chi connectivity index (χ0v) is 21.5. The lowest BCUT2D eigenvalue weighted by atomic mass is 9.87. The molecule has 2 aliphatic rings. The summed E-state index contributed by atoms with van der Waals surface area (Å²) in [6.45, 7) is 2.84. The minimum atomic E-state index is -3.20. The molecule has 0 saturated carbocycles. The van der Waals surface area contributed by atoms with Gasteiger partial charge in [-0.1, -0.05) is 0 Å². The maximum absolute atomic E-state index is 13.1. The molecule has 5 rings (SSSR count). The SMILES string of the molecule is CCOc1cc(N)c(C=N)cc1Nc1ncnc2sc3c(c12)CCC(C(=O)N1CCCS(=O)(=O)C1)C3. The number of aromatic nitrogens is 2. The minimum Gasteiger partial charge on any atom is -0.492 e. The van der Waals surface area contributed by atoms with Gasteiger partial charge in [0, 0.05) is 40.9 Å². The normalized spacial score (nSPS) is 19.0. The molecule has 0 radical (unpaired) electrons. The lowest BCUT2D eigenvalue weighted by molar-refractivity contribution is -0.135. The van der Waals surface area contributed by atoms with E-state index >= 15 is 0 Å². The number of benzene rings is 1. The summed E-state index contributed by atoms with van der Waals surface area (Å²) < 4.78 is 29.8. The van der Waals surface area contributed by atoms with Crippen LogP contribution in [0, 0.1) is 11.3 Å². The summed E-state index contributed by atoms with van der Waals surface area (Å²) in [5.74, 6) is 0.859. The molecule has 12 heteroatoms. The van der Waals surface area contributed by atoms with Gasteiger partial charge in [0.15, 0.2) is 9.84 Å². The number of rotatable bonds is 6. The highest BCUT2D eigenvalue weighted by Crippen LogP contribution is 2.42. The molecule has 1 unspecified atom stereocenters.